The number of nitrogens with zero attached hydrogens (tertiary/aromatic N) is 4. The lowest BCUT2D eigenvalue weighted by molar-refractivity contribution is 0.378. The van der Waals surface area contributed by atoms with Crippen LogP contribution in [0, 0.1) is 0 Å². The minimum atomic E-state index is 0.309. The molecule has 1 fully saturated rings. The summed E-state index contributed by atoms with van der Waals surface area (Å²) in [5, 5.41) is 4.01. The van der Waals surface area contributed by atoms with Crippen LogP contribution in [0.5, 0.6) is 0 Å². The van der Waals surface area contributed by atoms with Gasteiger partial charge in [0.05, 0.1) is 0 Å². The van der Waals surface area contributed by atoms with Crippen LogP contribution in [0.2, 0.25) is 0 Å². The fourth-order valence-electron chi connectivity index (χ4n) is 2.42. The molecule has 5 heteroatoms. The Morgan fingerprint density at radius 3 is 2.85 bits per heavy atom. The average molecular weight is 264 g/mol. The highest BCUT2D eigenvalue weighted by Gasteiger charge is 2.43. The first-order chi connectivity index (χ1) is 9.92. The third kappa shape index (κ3) is 1.97. The van der Waals surface area contributed by atoms with Crippen molar-refractivity contribution >= 4 is 0 Å². The van der Waals surface area contributed by atoms with Crippen LogP contribution in [0.15, 0.2) is 53.4 Å². The fraction of sp³-hybridized carbons (Fsp3) is 0.200. The highest BCUT2D eigenvalue weighted by Crippen LogP contribution is 2.53. The largest absolute Gasteiger partial charge is 0.339 e. The molecule has 0 radical (unpaired) electrons. The number of pyridine rings is 2. The van der Waals surface area contributed by atoms with Gasteiger partial charge in [0.2, 0.25) is 11.7 Å². The Balaban J connectivity index is 1.56. The predicted octanol–water partition coefficient (Wildman–Crippen LogP) is 2.80. The lowest BCUT2D eigenvalue weighted by Crippen LogP contribution is -1.87. The Hall–Kier alpha value is -2.56. The van der Waals surface area contributed by atoms with E-state index >= 15 is 0 Å². The molecule has 0 aliphatic heterocycles. The standard InChI is InChI=1S/C15H12N4O/c1-2-7-17-13(5-1)14-18-15(20-19-14)12-8-11(12)10-4-3-6-16-9-10/h1-7,9,11-12H,8H2/t11-,12-/m1/s1. The summed E-state index contributed by atoms with van der Waals surface area (Å²) < 4.78 is 5.37. The highest BCUT2D eigenvalue weighted by atomic mass is 16.5. The van der Waals surface area contributed by atoms with Crippen molar-refractivity contribution in [2.45, 2.75) is 18.3 Å². The molecule has 5 nitrogen and oxygen atoms in total. The maximum Gasteiger partial charge on any atom is 0.230 e. The maximum absolute atomic E-state index is 5.37. The van der Waals surface area contributed by atoms with E-state index in [0.717, 1.165) is 12.1 Å². The molecule has 0 bridgehead atoms. The second-order valence-electron chi connectivity index (χ2n) is 4.91. The molecule has 1 aliphatic carbocycles. The molecule has 0 aromatic carbocycles. The first kappa shape index (κ1) is 11.3. The quantitative estimate of drug-likeness (QED) is 0.727. The predicted molar refractivity (Wildman–Crippen MR) is 71.9 cm³/mol. The van der Waals surface area contributed by atoms with Gasteiger partial charge in [-0.15, -0.1) is 0 Å². The van der Waals surface area contributed by atoms with E-state index in [0.29, 0.717) is 23.6 Å². The lowest BCUT2D eigenvalue weighted by Gasteiger charge is -1.95. The molecule has 0 N–H and O–H groups in total. The first-order valence-electron chi connectivity index (χ1n) is 6.57. The molecule has 1 saturated carbocycles. The third-order valence-electron chi connectivity index (χ3n) is 3.56. The van der Waals surface area contributed by atoms with E-state index in [-0.39, 0.29) is 0 Å². The average Bonchev–Trinajstić information content (AvgIpc) is 3.18. The van der Waals surface area contributed by atoms with E-state index in [1.165, 1.54) is 5.56 Å². The van der Waals surface area contributed by atoms with Gasteiger partial charge in [-0.25, -0.2) is 0 Å². The molecule has 4 rings (SSSR count). The van der Waals surface area contributed by atoms with E-state index in [1.807, 2.05) is 30.5 Å². The summed E-state index contributed by atoms with van der Waals surface area (Å²) in [6.45, 7) is 0. The highest BCUT2D eigenvalue weighted by molar-refractivity contribution is 5.47. The summed E-state index contributed by atoms with van der Waals surface area (Å²) in [6.07, 6.45) is 6.45. The van der Waals surface area contributed by atoms with E-state index in [4.69, 9.17) is 4.52 Å². The van der Waals surface area contributed by atoms with E-state index < -0.39 is 0 Å². The monoisotopic (exact) mass is 264 g/mol. The van der Waals surface area contributed by atoms with Crippen LogP contribution in [-0.4, -0.2) is 20.1 Å². The van der Waals surface area contributed by atoms with Crippen LogP contribution in [0.1, 0.15) is 29.7 Å². The lowest BCUT2D eigenvalue weighted by atomic mass is 10.1. The summed E-state index contributed by atoms with van der Waals surface area (Å²) >= 11 is 0. The van der Waals surface area contributed by atoms with Gasteiger partial charge in [-0.3, -0.25) is 9.97 Å². The van der Waals surface area contributed by atoms with Gasteiger partial charge in [-0.1, -0.05) is 17.3 Å². The molecular formula is C15H12N4O. The summed E-state index contributed by atoms with van der Waals surface area (Å²) in [5.74, 6) is 2.00. The summed E-state index contributed by atoms with van der Waals surface area (Å²) in [5.41, 5.74) is 1.97. The Labute approximate surface area is 115 Å². The van der Waals surface area contributed by atoms with Gasteiger partial charge in [-0.05, 0) is 36.1 Å². The molecule has 0 spiro atoms. The molecule has 3 aromatic rings. The van der Waals surface area contributed by atoms with Crippen LogP contribution in [0.3, 0.4) is 0 Å². The van der Waals surface area contributed by atoms with Gasteiger partial charge < -0.3 is 4.52 Å². The molecule has 2 atom stereocenters. The van der Waals surface area contributed by atoms with Crippen LogP contribution >= 0.6 is 0 Å². The van der Waals surface area contributed by atoms with Gasteiger partial charge in [0.25, 0.3) is 0 Å². The molecule has 20 heavy (non-hydrogen) atoms. The molecule has 0 saturated heterocycles. The number of hydrogen-bond donors (Lipinski definition) is 0. The van der Waals surface area contributed by atoms with Crippen LogP contribution in [0.25, 0.3) is 11.5 Å². The third-order valence-corrected chi connectivity index (χ3v) is 3.56. The van der Waals surface area contributed by atoms with Gasteiger partial charge in [0, 0.05) is 24.5 Å². The Kier molecular flexibility index (Phi) is 2.55. The second kappa shape index (κ2) is 4.52. The van der Waals surface area contributed by atoms with Crippen LogP contribution < -0.4 is 0 Å². The van der Waals surface area contributed by atoms with Crippen molar-refractivity contribution in [1.82, 2.24) is 20.1 Å². The Bertz CT molecular complexity index is 711. The van der Waals surface area contributed by atoms with Gasteiger partial charge in [0.1, 0.15) is 5.69 Å². The summed E-state index contributed by atoms with van der Waals surface area (Å²) in [7, 11) is 0. The van der Waals surface area contributed by atoms with E-state index in [1.54, 1.807) is 12.4 Å². The molecule has 1 aliphatic rings. The van der Waals surface area contributed by atoms with Gasteiger partial charge >= 0.3 is 0 Å². The zero-order valence-corrected chi connectivity index (χ0v) is 10.7. The Morgan fingerprint density at radius 1 is 1.05 bits per heavy atom. The summed E-state index contributed by atoms with van der Waals surface area (Å²) in [6, 6.07) is 9.70. The van der Waals surface area contributed by atoms with Crippen LogP contribution in [0.4, 0.5) is 0 Å². The fourth-order valence-corrected chi connectivity index (χ4v) is 2.42. The van der Waals surface area contributed by atoms with Crippen molar-refractivity contribution in [2.75, 3.05) is 0 Å². The van der Waals surface area contributed by atoms with Crippen molar-refractivity contribution in [3.63, 3.8) is 0 Å². The zero-order valence-electron chi connectivity index (χ0n) is 10.7. The zero-order chi connectivity index (χ0) is 13.4. The number of hydrogen-bond acceptors (Lipinski definition) is 5. The number of aromatic nitrogens is 4. The van der Waals surface area contributed by atoms with Crippen molar-refractivity contribution in [3.05, 3.63) is 60.4 Å². The SMILES string of the molecule is c1ccc(-c2noc([C@@H]3C[C@@H]3c3cccnc3)n2)nc1. The van der Waals surface area contributed by atoms with Gasteiger partial charge in [0.15, 0.2) is 0 Å². The Morgan fingerprint density at radius 2 is 2.05 bits per heavy atom. The number of rotatable bonds is 3. The van der Waals surface area contributed by atoms with Crippen molar-refractivity contribution < 1.29 is 4.52 Å². The first-order valence-corrected chi connectivity index (χ1v) is 6.57. The molecular weight excluding hydrogens is 252 g/mol. The van der Waals surface area contributed by atoms with Gasteiger partial charge in [-0.2, -0.15) is 4.98 Å². The molecule has 0 amide bonds. The molecule has 0 unspecified atom stereocenters. The topological polar surface area (TPSA) is 64.7 Å². The van der Waals surface area contributed by atoms with Crippen molar-refractivity contribution in [3.8, 4) is 11.5 Å². The molecule has 98 valence electrons. The maximum atomic E-state index is 5.37. The normalized spacial score (nSPS) is 20.8. The molecule has 3 heterocycles. The minimum absolute atomic E-state index is 0.309. The van der Waals surface area contributed by atoms with E-state index in [2.05, 4.69) is 26.2 Å². The molecule has 3 aromatic heterocycles. The summed E-state index contributed by atoms with van der Waals surface area (Å²) in [4.78, 5) is 12.8. The van der Waals surface area contributed by atoms with Crippen molar-refractivity contribution in [1.29, 1.82) is 0 Å². The smallest absolute Gasteiger partial charge is 0.230 e. The van der Waals surface area contributed by atoms with Crippen molar-refractivity contribution in [2.24, 2.45) is 0 Å². The van der Waals surface area contributed by atoms with E-state index in [9.17, 15) is 0 Å². The van der Waals surface area contributed by atoms with Crippen LogP contribution in [-0.2, 0) is 0 Å². The second-order valence-corrected chi connectivity index (χ2v) is 4.91. The minimum Gasteiger partial charge on any atom is -0.339 e.